The molecule has 0 aromatic rings. The van der Waals surface area contributed by atoms with Crippen molar-refractivity contribution in [3.05, 3.63) is 72.9 Å². The Morgan fingerprint density at radius 2 is 1.28 bits per heavy atom. The van der Waals surface area contributed by atoms with Crippen molar-refractivity contribution in [2.75, 3.05) is 13.2 Å². The molecule has 1 unspecified atom stereocenters. The predicted molar refractivity (Wildman–Crippen MR) is 214 cm³/mol. The van der Waals surface area contributed by atoms with Gasteiger partial charge in [-0.15, -0.1) is 0 Å². The fraction of sp³-hybridized carbons (Fsp3) is 0.667. The number of allylic oxidation sites excluding steroid dienone is 8. The number of hydrogen-bond donors (Lipinski definition) is 4. The van der Waals surface area contributed by atoms with Gasteiger partial charge in [0.15, 0.2) is 6.10 Å². The monoisotopic (exact) mass is 766 g/mol. The molecule has 0 rings (SSSR count). The maximum Gasteiger partial charge on any atom is 0.469 e. The number of phosphoric acid groups is 1. The number of unbranched alkanes of at least 4 members (excludes halogenated alkanes) is 10. The van der Waals surface area contributed by atoms with Gasteiger partial charge in [0, 0.05) is 12.8 Å². The minimum absolute atomic E-state index is 0.0230. The van der Waals surface area contributed by atoms with Crippen LogP contribution in [0, 0.1) is 5.92 Å². The highest BCUT2D eigenvalue weighted by Gasteiger charge is 2.22. The molecule has 0 fully saturated rings. The van der Waals surface area contributed by atoms with E-state index in [-0.39, 0.29) is 19.4 Å². The number of aliphatic hydroxyl groups is 2. The molecule has 11 heteroatoms. The molecule has 4 atom stereocenters. The molecule has 304 valence electrons. The van der Waals surface area contributed by atoms with Crippen LogP contribution in [0.5, 0.6) is 0 Å². The van der Waals surface area contributed by atoms with E-state index >= 15 is 0 Å². The average Bonchev–Trinajstić information content (AvgIpc) is 3.11. The first-order valence-electron chi connectivity index (χ1n) is 19.9. The summed E-state index contributed by atoms with van der Waals surface area (Å²) in [6.07, 6.45) is 37.0. The van der Waals surface area contributed by atoms with Crippen LogP contribution in [0.1, 0.15) is 143 Å². The van der Waals surface area contributed by atoms with Crippen LogP contribution in [-0.2, 0) is 28.2 Å². The molecular weight excluding hydrogens is 695 g/mol. The van der Waals surface area contributed by atoms with Crippen molar-refractivity contribution in [1.82, 2.24) is 0 Å². The van der Waals surface area contributed by atoms with Crippen molar-refractivity contribution in [3.63, 3.8) is 0 Å². The largest absolute Gasteiger partial charge is 0.469 e. The van der Waals surface area contributed by atoms with Crippen LogP contribution in [-0.4, -0.2) is 63.5 Å². The van der Waals surface area contributed by atoms with Crippen LogP contribution in [0.25, 0.3) is 0 Å². The molecule has 0 bridgehead atoms. The SMILES string of the molecule is CC/C=C\C[C@H](O)/C=C/C=C\C/C=C\C=C\[C@H](O)/C=C\CCCC(=O)O[C@H](COC(=O)CCCCCCCCCCCCC(C)CC)COP(=O)(O)O. The maximum atomic E-state index is 12.4. The van der Waals surface area contributed by atoms with Gasteiger partial charge >= 0.3 is 19.8 Å². The highest BCUT2D eigenvalue weighted by molar-refractivity contribution is 7.46. The molecular formula is C42H71O10P. The average molecular weight is 767 g/mol. The van der Waals surface area contributed by atoms with Crippen LogP contribution in [0.2, 0.25) is 0 Å². The third kappa shape index (κ3) is 37.5. The van der Waals surface area contributed by atoms with Gasteiger partial charge in [0.05, 0.1) is 18.8 Å². The molecule has 0 saturated heterocycles. The summed E-state index contributed by atoms with van der Waals surface area (Å²) in [5.41, 5.74) is 0. The van der Waals surface area contributed by atoms with Gasteiger partial charge in [-0.25, -0.2) is 4.57 Å². The molecule has 0 spiro atoms. The van der Waals surface area contributed by atoms with E-state index in [9.17, 15) is 24.4 Å². The Bertz CT molecular complexity index is 1140. The lowest BCUT2D eigenvalue weighted by molar-refractivity contribution is -0.161. The van der Waals surface area contributed by atoms with Crippen LogP contribution in [0.15, 0.2) is 72.9 Å². The Hall–Kier alpha value is -2.59. The van der Waals surface area contributed by atoms with Crippen molar-refractivity contribution in [1.29, 1.82) is 0 Å². The summed E-state index contributed by atoms with van der Waals surface area (Å²) in [4.78, 5) is 42.8. The van der Waals surface area contributed by atoms with E-state index in [1.54, 1.807) is 30.4 Å². The number of aliphatic hydroxyl groups excluding tert-OH is 2. The van der Waals surface area contributed by atoms with Gasteiger partial charge in [-0.1, -0.05) is 164 Å². The third-order valence-electron chi connectivity index (χ3n) is 8.45. The number of esters is 2. The van der Waals surface area contributed by atoms with E-state index in [2.05, 4.69) is 25.3 Å². The van der Waals surface area contributed by atoms with Gasteiger partial charge < -0.3 is 29.5 Å². The lowest BCUT2D eigenvalue weighted by Gasteiger charge is -2.18. The fourth-order valence-electron chi connectivity index (χ4n) is 5.09. The van der Waals surface area contributed by atoms with Crippen molar-refractivity contribution in [3.8, 4) is 0 Å². The summed E-state index contributed by atoms with van der Waals surface area (Å²) in [6, 6.07) is 0. The zero-order valence-corrected chi connectivity index (χ0v) is 33.7. The second-order valence-corrected chi connectivity index (χ2v) is 14.8. The number of carbonyl (C=O) groups is 2. The number of hydrogen-bond acceptors (Lipinski definition) is 8. The zero-order chi connectivity index (χ0) is 39.4. The summed E-state index contributed by atoms with van der Waals surface area (Å²) in [5, 5.41) is 19.9. The van der Waals surface area contributed by atoms with Gasteiger partial charge in [-0.3, -0.25) is 14.1 Å². The second kappa shape index (κ2) is 35.1. The number of carbonyl (C=O) groups excluding carboxylic acids is 2. The molecule has 0 aliphatic carbocycles. The highest BCUT2D eigenvalue weighted by atomic mass is 31.2. The van der Waals surface area contributed by atoms with Crippen LogP contribution in [0.3, 0.4) is 0 Å². The van der Waals surface area contributed by atoms with Crippen molar-refractivity contribution in [2.24, 2.45) is 5.92 Å². The molecule has 0 saturated carbocycles. The Balaban J connectivity index is 4.25. The quantitative estimate of drug-likeness (QED) is 0.0163. The molecule has 0 amide bonds. The predicted octanol–water partition coefficient (Wildman–Crippen LogP) is 9.70. The summed E-state index contributed by atoms with van der Waals surface area (Å²) in [5.74, 6) is -0.238. The van der Waals surface area contributed by atoms with Gasteiger partial charge in [0.2, 0.25) is 0 Å². The summed E-state index contributed by atoms with van der Waals surface area (Å²) in [7, 11) is -4.81. The molecule has 0 aromatic heterocycles. The summed E-state index contributed by atoms with van der Waals surface area (Å²) >= 11 is 0. The Morgan fingerprint density at radius 1 is 0.679 bits per heavy atom. The van der Waals surface area contributed by atoms with Gasteiger partial charge in [-0.2, -0.15) is 0 Å². The zero-order valence-electron chi connectivity index (χ0n) is 32.8. The van der Waals surface area contributed by atoms with E-state index in [1.807, 2.05) is 42.5 Å². The first-order chi connectivity index (χ1) is 25.5. The second-order valence-electron chi connectivity index (χ2n) is 13.5. The van der Waals surface area contributed by atoms with E-state index < -0.39 is 44.7 Å². The van der Waals surface area contributed by atoms with Gasteiger partial charge in [0.25, 0.3) is 0 Å². The standard InChI is InChI=1S/C42H71O10P/c1-4-6-21-29-38(43)30-23-17-13-11-14-18-24-31-39(44)32-25-20-27-34-42(46)52-40(36-51-53(47,48)49)35-50-41(45)33-26-19-15-10-8-7-9-12-16-22-28-37(3)5-2/h6,13-14,17-18,21,23-25,30-32,37-40,43-44H,4-5,7-12,15-16,19-20,22,26-29,33-36H2,1-3H3,(H2,47,48,49)/b17-13-,18-14-,21-6-,30-23+,31-24+,32-25-/t37?,38-,39-,40+/m0/s1. The van der Waals surface area contributed by atoms with Gasteiger partial charge in [-0.05, 0) is 44.4 Å². The van der Waals surface area contributed by atoms with E-state index in [0.717, 1.165) is 31.6 Å². The van der Waals surface area contributed by atoms with Gasteiger partial charge in [0.1, 0.15) is 6.61 Å². The van der Waals surface area contributed by atoms with Crippen LogP contribution < -0.4 is 0 Å². The molecule has 53 heavy (non-hydrogen) atoms. The lowest BCUT2D eigenvalue weighted by atomic mass is 9.99. The summed E-state index contributed by atoms with van der Waals surface area (Å²) < 4.78 is 26.2. The molecule has 0 heterocycles. The molecule has 0 aliphatic heterocycles. The van der Waals surface area contributed by atoms with E-state index in [1.165, 1.54) is 51.4 Å². The molecule has 10 nitrogen and oxygen atoms in total. The topological polar surface area (TPSA) is 160 Å². The Labute approximate surface area is 320 Å². The Kier molecular flexibility index (Phi) is 33.4. The number of rotatable bonds is 34. The molecule has 4 N–H and O–H groups in total. The third-order valence-corrected chi connectivity index (χ3v) is 8.94. The number of ether oxygens (including phenoxy) is 2. The first-order valence-corrected chi connectivity index (χ1v) is 21.4. The van der Waals surface area contributed by atoms with Crippen molar-refractivity contribution in [2.45, 2.75) is 161 Å². The first kappa shape index (κ1) is 50.4. The fourth-order valence-corrected chi connectivity index (χ4v) is 5.45. The maximum absolute atomic E-state index is 12.4. The molecule has 0 radical (unpaired) electrons. The van der Waals surface area contributed by atoms with Crippen molar-refractivity contribution >= 4 is 19.8 Å². The van der Waals surface area contributed by atoms with Crippen LogP contribution >= 0.6 is 7.82 Å². The number of phosphoric ester groups is 1. The minimum Gasteiger partial charge on any atom is -0.462 e. The molecule has 0 aliphatic rings. The van der Waals surface area contributed by atoms with Crippen LogP contribution in [0.4, 0.5) is 0 Å². The van der Waals surface area contributed by atoms with E-state index in [4.69, 9.17) is 19.3 Å². The molecule has 0 aromatic carbocycles. The van der Waals surface area contributed by atoms with Crippen molar-refractivity contribution < 1.29 is 48.2 Å². The Morgan fingerprint density at radius 3 is 1.91 bits per heavy atom. The smallest absolute Gasteiger partial charge is 0.462 e. The van der Waals surface area contributed by atoms with E-state index in [0.29, 0.717) is 32.1 Å². The highest BCUT2D eigenvalue weighted by Crippen LogP contribution is 2.36. The lowest BCUT2D eigenvalue weighted by Crippen LogP contribution is -2.29. The minimum atomic E-state index is -4.81. The normalized spacial score (nSPS) is 15.1. The summed E-state index contributed by atoms with van der Waals surface area (Å²) in [6.45, 7) is 5.66.